The Hall–Kier alpha value is -2.00. The third-order valence-corrected chi connectivity index (χ3v) is 3.07. The van der Waals surface area contributed by atoms with Crippen LogP contribution >= 0.6 is 11.6 Å². The predicted octanol–water partition coefficient (Wildman–Crippen LogP) is 5.21. The van der Waals surface area contributed by atoms with Gasteiger partial charge in [-0.15, -0.1) is 0 Å². The molecule has 0 radical (unpaired) electrons. The second-order valence-corrected chi connectivity index (χ2v) is 4.84. The summed E-state index contributed by atoms with van der Waals surface area (Å²) in [5, 5.41) is 3.52. The lowest BCUT2D eigenvalue weighted by Crippen LogP contribution is -2.23. The van der Waals surface area contributed by atoms with Crippen LogP contribution in [0.15, 0.2) is 42.5 Å². The van der Waals surface area contributed by atoms with Gasteiger partial charge in [-0.1, -0.05) is 63.1 Å². The summed E-state index contributed by atoms with van der Waals surface area (Å²) in [5.41, 5.74) is 8.79. The molecule has 0 aromatic heterocycles. The largest absolute Gasteiger partial charge is 0.398 e. The van der Waals surface area contributed by atoms with Crippen LogP contribution in [-0.4, -0.2) is 5.91 Å². The summed E-state index contributed by atoms with van der Waals surface area (Å²) in [6.45, 7) is 10.4. The van der Waals surface area contributed by atoms with Crippen LogP contribution in [0.25, 0.3) is 0 Å². The van der Waals surface area contributed by atoms with Gasteiger partial charge in [0.2, 0.25) is 0 Å². The van der Waals surface area contributed by atoms with Crippen LogP contribution in [0.3, 0.4) is 0 Å². The highest BCUT2D eigenvalue weighted by Crippen LogP contribution is 2.14. The Labute approximate surface area is 144 Å². The molecule has 0 spiro atoms. The summed E-state index contributed by atoms with van der Waals surface area (Å²) in [5.74, 6) is -0.170. The second kappa shape index (κ2) is 11.6. The lowest BCUT2D eigenvalue weighted by molar-refractivity contribution is 0.0951. The van der Waals surface area contributed by atoms with Gasteiger partial charge in [-0.2, -0.15) is 0 Å². The zero-order valence-electron chi connectivity index (χ0n) is 14.6. The molecule has 23 heavy (non-hydrogen) atoms. The molecule has 0 saturated carbocycles. The number of hydrogen-bond donors (Lipinski definition) is 2. The number of benzene rings is 2. The highest BCUT2D eigenvalue weighted by Gasteiger charge is 2.09. The second-order valence-electron chi connectivity index (χ2n) is 4.40. The van der Waals surface area contributed by atoms with Crippen LogP contribution in [-0.2, 0) is 6.54 Å². The molecule has 4 heteroatoms. The average Bonchev–Trinajstić information content (AvgIpc) is 2.60. The number of anilines is 1. The number of aryl methyl sites for hydroxylation is 1. The molecule has 0 unspecified atom stereocenters. The van der Waals surface area contributed by atoms with Gasteiger partial charge in [0, 0.05) is 17.3 Å². The first kappa shape index (κ1) is 21.0. The first-order chi connectivity index (χ1) is 11.1. The summed E-state index contributed by atoms with van der Waals surface area (Å²) in [6, 6.07) is 12.8. The Bertz CT molecular complexity index is 595. The molecule has 0 heterocycles. The van der Waals surface area contributed by atoms with Crippen LogP contribution in [0.5, 0.6) is 0 Å². The monoisotopic (exact) mass is 334 g/mol. The molecule has 0 atom stereocenters. The van der Waals surface area contributed by atoms with Crippen molar-refractivity contribution in [3.63, 3.8) is 0 Å². The fourth-order valence-corrected chi connectivity index (χ4v) is 1.87. The van der Waals surface area contributed by atoms with Crippen molar-refractivity contribution in [3.05, 3.63) is 64.2 Å². The molecule has 1 amide bonds. The summed E-state index contributed by atoms with van der Waals surface area (Å²) >= 11 is 5.80. The molecular weight excluding hydrogens is 308 g/mol. The van der Waals surface area contributed by atoms with Gasteiger partial charge in [0.1, 0.15) is 0 Å². The number of nitrogens with two attached hydrogens (primary N) is 1. The quantitative estimate of drug-likeness (QED) is 0.757. The average molecular weight is 335 g/mol. The highest BCUT2D eigenvalue weighted by atomic mass is 35.5. The van der Waals surface area contributed by atoms with E-state index in [0.29, 0.717) is 22.8 Å². The fourth-order valence-electron chi connectivity index (χ4n) is 1.75. The van der Waals surface area contributed by atoms with Gasteiger partial charge < -0.3 is 11.1 Å². The van der Waals surface area contributed by atoms with E-state index >= 15 is 0 Å². The molecule has 2 rings (SSSR count). The molecule has 2 aromatic rings. The Morgan fingerprint density at radius 3 is 2.17 bits per heavy atom. The Kier molecular flexibility index (Phi) is 10.5. The first-order valence-electron chi connectivity index (χ1n) is 7.95. The lowest BCUT2D eigenvalue weighted by atomic mass is 10.1. The van der Waals surface area contributed by atoms with Crippen LogP contribution in [0.4, 0.5) is 5.69 Å². The molecule has 2 aromatic carbocycles. The highest BCUT2D eigenvalue weighted by molar-refractivity contribution is 6.30. The van der Waals surface area contributed by atoms with E-state index in [0.717, 1.165) is 11.1 Å². The standard InChI is InChI=1S/C15H15ClN2O.2C2H6/c1-10-2-7-14(17)13(8-10)15(19)18-9-11-3-5-12(16)6-4-11;2*1-2/h2-8H,9,17H2,1H3,(H,18,19);2*1-2H3. The summed E-state index contributed by atoms with van der Waals surface area (Å²) in [7, 11) is 0. The van der Waals surface area contributed by atoms with Gasteiger partial charge in [-0.3, -0.25) is 4.79 Å². The molecule has 0 bridgehead atoms. The van der Waals surface area contributed by atoms with Crippen molar-refractivity contribution in [2.75, 3.05) is 5.73 Å². The number of nitrogen functional groups attached to an aromatic ring is 1. The fraction of sp³-hybridized carbons (Fsp3) is 0.316. The zero-order chi connectivity index (χ0) is 17.8. The summed E-state index contributed by atoms with van der Waals surface area (Å²) in [4.78, 5) is 12.0. The van der Waals surface area contributed by atoms with Crippen LogP contribution in [0.1, 0.15) is 49.2 Å². The van der Waals surface area contributed by atoms with E-state index in [-0.39, 0.29) is 5.91 Å². The number of carbonyl (C=O) groups is 1. The Morgan fingerprint density at radius 1 is 1.04 bits per heavy atom. The normalized spacial score (nSPS) is 8.96. The molecule has 0 fully saturated rings. The smallest absolute Gasteiger partial charge is 0.253 e. The van der Waals surface area contributed by atoms with Gasteiger partial charge in [0.05, 0.1) is 5.56 Å². The van der Waals surface area contributed by atoms with Crippen LogP contribution < -0.4 is 11.1 Å². The summed E-state index contributed by atoms with van der Waals surface area (Å²) in [6.07, 6.45) is 0. The van der Waals surface area contributed by atoms with E-state index in [4.69, 9.17) is 17.3 Å². The number of rotatable bonds is 3. The van der Waals surface area contributed by atoms with Gasteiger partial charge >= 0.3 is 0 Å². The number of hydrogen-bond acceptors (Lipinski definition) is 2. The molecule has 0 saturated heterocycles. The van der Waals surface area contributed by atoms with Crippen molar-refractivity contribution in [1.82, 2.24) is 5.32 Å². The molecule has 0 aliphatic carbocycles. The third kappa shape index (κ3) is 7.20. The molecule has 3 N–H and O–H groups in total. The van der Waals surface area contributed by atoms with Gasteiger partial charge in [-0.25, -0.2) is 0 Å². The van der Waals surface area contributed by atoms with E-state index in [1.54, 1.807) is 24.3 Å². The molecule has 0 aliphatic rings. The van der Waals surface area contributed by atoms with Crippen molar-refractivity contribution in [2.45, 2.75) is 41.2 Å². The number of carbonyl (C=O) groups excluding carboxylic acids is 1. The number of halogens is 1. The summed E-state index contributed by atoms with van der Waals surface area (Å²) < 4.78 is 0. The molecular formula is C19H27ClN2O. The molecule has 3 nitrogen and oxygen atoms in total. The Morgan fingerprint density at radius 2 is 1.61 bits per heavy atom. The minimum atomic E-state index is -0.170. The zero-order valence-corrected chi connectivity index (χ0v) is 15.4. The van der Waals surface area contributed by atoms with Crippen LogP contribution in [0.2, 0.25) is 5.02 Å². The van der Waals surface area contributed by atoms with E-state index in [2.05, 4.69) is 5.32 Å². The first-order valence-corrected chi connectivity index (χ1v) is 8.33. The van der Waals surface area contributed by atoms with E-state index in [1.165, 1.54) is 0 Å². The van der Waals surface area contributed by atoms with Gasteiger partial charge in [0.15, 0.2) is 0 Å². The minimum absolute atomic E-state index is 0.170. The lowest BCUT2D eigenvalue weighted by Gasteiger charge is -2.08. The van der Waals surface area contributed by atoms with E-state index < -0.39 is 0 Å². The Balaban J connectivity index is 0.00000112. The maximum absolute atomic E-state index is 12.0. The predicted molar refractivity (Wildman–Crippen MR) is 101 cm³/mol. The van der Waals surface area contributed by atoms with Crippen molar-refractivity contribution < 1.29 is 4.79 Å². The third-order valence-electron chi connectivity index (χ3n) is 2.82. The van der Waals surface area contributed by atoms with Crippen molar-refractivity contribution in [1.29, 1.82) is 0 Å². The number of nitrogens with one attached hydrogen (secondary N) is 1. The maximum Gasteiger partial charge on any atom is 0.253 e. The van der Waals surface area contributed by atoms with Gasteiger partial charge in [0.25, 0.3) is 5.91 Å². The van der Waals surface area contributed by atoms with Crippen molar-refractivity contribution >= 4 is 23.2 Å². The van der Waals surface area contributed by atoms with E-state index in [1.807, 2.05) is 52.8 Å². The van der Waals surface area contributed by atoms with Gasteiger partial charge in [-0.05, 0) is 36.8 Å². The molecule has 0 aliphatic heterocycles. The molecule has 126 valence electrons. The maximum atomic E-state index is 12.0. The van der Waals surface area contributed by atoms with E-state index in [9.17, 15) is 4.79 Å². The van der Waals surface area contributed by atoms with Crippen molar-refractivity contribution in [3.8, 4) is 0 Å². The topological polar surface area (TPSA) is 55.1 Å². The van der Waals surface area contributed by atoms with Crippen LogP contribution in [0, 0.1) is 6.92 Å². The van der Waals surface area contributed by atoms with Crippen molar-refractivity contribution in [2.24, 2.45) is 0 Å². The number of amides is 1. The SMILES string of the molecule is CC.CC.Cc1ccc(N)c(C(=O)NCc2ccc(Cl)cc2)c1. The minimum Gasteiger partial charge on any atom is -0.398 e.